The Hall–Kier alpha value is -0.610. The second-order valence-electron chi connectivity index (χ2n) is 4.27. The van der Waals surface area contributed by atoms with Crippen LogP contribution in [0.25, 0.3) is 0 Å². The van der Waals surface area contributed by atoms with Crippen LogP contribution in [0, 0.1) is 0 Å². The van der Waals surface area contributed by atoms with Crippen LogP contribution in [0.2, 0.25) is 0 Å². The van der Waals surface area contributed by atoms with Crippen molar-refractivity contribution in [1.82, 2.24) is 5.32 Å². The molecule has 0 amide bonds. The van der Waals surface area contributed by atoms with E-state index >= 15 is 0 Å². The van der Waals surface area contributed by atoms with Gasteiger partial charge in [-0.05, 0) is 25.7 Å². The van der Waals surface area contributed by atoms with Crippen LogP contribution in [0.3, 0.4) is 0 Å². The van der Waals surface area contributed by atoms with E-state index in [4.69, 9.17) is 9.47 Å². The number of nitrogens with one attached hydrogen (secondary N) is 1. The zero-order valence-corrected chi connectivity index (χ0v) is 10.3. The highest BCUT2D eigenvalue weighted by atomic mass is 16.5. The van der Waals surface area contributed by atoms with Gasteiger partial charge in [0.15, 0.2) is 0 Å². The van der Waals surface area contributed by atoms with Gasteiger partial charge in [0.2, 0.25) is 0 Å². The third-order valence-electron chi connectivity index (χ3n) is 2.69. The molecule has 4 nitrogen and oxygen atoms in total. The molecule has 1 rings (SSSR count). The van der Waals surface area contributed by atoms with Crippen LogP contribution in [-0.4, -0.2) is 38.4 Å². The van der Waals surface area contributed by atoms with Crippen LogP contribution in [0.5, 0.6) is 0 Å². The monoisotopic (exact) mass is 229 g/mol. The highest BCUT2D eigenvalue weighted by molar-refractivity contribution is 5.75. The van der Waals surface area contributed by atoms with Gasteiger partial charge in [-0.1, -0.05) is 13.3 Å². The lowest BCUT2D eigenvalue weighted by atomic mass is 10.2. The van der Waals surface area contributed by atoms with Gasteiger partial charge in [-0.15, -0.1) is 0 Å². The fraction of sp³-hybridized carbons (Fsp3) is 0.917. The maximum Gasteiger partial charge on any atom is 0.322 e. The highest BCUT2D eigenvalue weighted by Gasteiger charge is 2.28. The molecule has 16 heavy (non-hydrogen) atoms. The summed E-state index contributed by atoms with van der Waals surface area (Å²) in [5.41, 5.74) is 0. The third kappa shape index (κ3) is 5.47. The highest BCUT2D eigenvalue weighted by Crippen LogP contribution is 2.20. The average molecular weight is 229 g/mol. The standard InChI is InChI=1S/C12H23NO3/c1-3-4-8-16-9-7-11(12(14)15-2)13-10-5-6-10/h10-11,13H,3-9H2,1-2H3. The van der Waals surface area contributed by atoms with Crippen molar-refractivity contribution in [3.8, 4) is 0 Å². The second-order valence-corrected chi connectivity index (χ2v) is 4.27. The smallest absolute Gasteiger partial charge is 0.322 e. The Morgan fingerprint density at radius 2 is 2.19 bits per heavy atom. The molecule has 0 heterocycles. The van der Waals surface area contributed by atoms with E-state index in [1.807, 2.05) is 0 Å². The van der Waals surface area contributed by atoms with Crippen molar-refractivity contribution in [3.63, 3.8) is 0 Å². The van der Waals surface area contributed by atoms with Crippen LogP contribution >= 0.6 is 0 Å². The van der Waals surface area contributed by atoms with E-state index < -0.39 is 0 Å². The summed E-state index contributed by atoms with van der Waals surface area (Å²) in [4.78, 5) is 11.5. The Bertz CT molecular complexity index is 204. The molecule has 1 atom stereocenters. The van der Waals surface area contributed by atoms with Crippen molar-refractivity contribution in [1.29, 1.82) is 0 Å². The average Bonchev–Trinajstić information content (AvgIpc) is 3.10. The lowest BCUT2D eigenvalue weighted by molar-refractivity contribution is -0.143. The van der Waals surface area contributed by atoms with Crippen LogP contribution in [0.1, 0.15) is 39.0 Å². The second kappa shape index (κ2) is 7.63. The van der Waals surface area contributed by atoms with Gasteiger partial charge in [-0.25, -0.2) is 0 Å². The summed E-state index contributed by atoms with van der Waals surface area (Å²) in [6.45, 7) is 3.54. The van der Waals surface area contributed by atoms with Crippen molar-refractivity contribution in [3.05, 3.63) is 0 Å². The van der Waals surface area contributed by atoms with E-state index in [-0.39, 0.29) is 12.0 Å². The van der Waals surface area contributed by atoms with Gasteiger partial charge >= 0.3 is 5.97 Å². The molecular weight excluding hydrogens is 206 g/mol. The summed E-state index contributed by atoms with van der Waals surface area (Å²) in [6, 6.07) is 0.318. The predicted octanol–water partition coefficient (Wildman–Crippen LogP) is 1.49. The van der Waals surface area contributed by atoms with Gasteiger partial charge in [-0.3, -0.25) is 4.79 Å². The largest absolute Gasteiger partial charge is 0.468 e. The molecule has 1 saturated carbocycles. The SMILES string of the molecule is CCCCOCCC(NC1CC1)C(=O)OC. The molecule has 0 bridgehead atoms. The first-order chi connectivity index (χ1) is 7.77. The minimum absolute atomic E-state index is 0.175. The van der Waals surface area contributed by atoms with Gasteiger partial charge in [0.1, 0.15) is 6.04 Å². The molecule has 0 aromatic rings. The minimum atomic E-state index is -0.195. The van der Waals surface area contributed by atoms with Crippen molar-refractivity contribution in [2.24, 2.45) is 0 Å². The first-order valence-electron chi connectivity index (χ1n) is 6.19. The zero-order chi connectivity index (χ0) is 11.8. The number of ether oxygens (including phenoxy) is 2. The van der Waals surface area contributed by atoms with E-state index in [9.17, 15) is 4.79 Å². The van der Waals surface area contributed by atoms with Gasteiger partial charge in [0.05, 0.1) is 7.11 Å². The molecule has 0 spiro atoms. The Balaban J connectivity index is 2.13. The molecule has 1 aliphatic rings. The van der Waals surface area contributed by atoms with E-state index in [0.717, 1.165) is 19.4 Å². The minimum Gasteiger partial charge on any atom is -0.468 e. The number of hydrogen-bond acceptors (Lipinski definition) is 4. The van der Waals surface area contributed by atoms with Crippen LogP contribution < -0.4 is 5.32 Å². The van der Waals surface area contributed by atoms with Crippen LogP contribution in [0.15, 0.2) is 0 Å². The van der Waals surface area contributed by atoms with E-state index in [1.165, 1.54) is 20.0 Å². The van der Waals surface area contributed by atoms with Crippen molar-refractivity contribution >= 4 is 5.97 Å². The van der Waals surface area contributed by atoms with Crippen LogP contribution in [-0.2, 0) is 14.3 Å². The number of unbranched alkanes of at least 4 members (excludes halogenated alkanes) is 1. The summed E-state index contributed by atoms with van der Waals surface area (Å²) in [7, 11) is 1.43. The summed E-state index contributed by atoms with van der Waals surface area (Å²) in [5, 5.41) is 3.28. The predicted molar refractivity (Wildman–Crippen MR) is 62.3 cm³/mol. The van der Waals surface area contributed by atoms with E-state index in [0.29, 0.717) is 19.1 Å². The Kier molecular flexibility index (Phi) is 6.42. The maximum absolute atomic E-state index is 11.5. The molecule has 0 aromatic heterocycles. The molecule has 0 saturated heterocycles. The summed E-state index contributed by atoms with van der Waals surface area (Å²) < 4.78 is 10.2. The molecule has 1 fully saturated rings. The van der Waals surface area contributed by atoms with Crippen LogP contribution in [0.4, 0.5) is 0 Å². The van der Waals surface area contributed by atoms with Gasteiger partial charge < -0.3 is 14.8 Å². The fourth-order valence-electron chi connectivity index (χ4n) is 1.50. The molecule has 0 aromatic carbocycles. The van der Waals surface area contributed by atoms with Gasteiger partial charge in [0.25, 0.3) is 0 Å². The van der Waals surface area contributed by atoms with Crippen molar-refractivity contribution in [2.45, 2.75) is 51.1 Å². The lowest BCUT2D eigenvalue weighted by Gasteiger charge is -2.15. The Labute approximate surface area is 97.7 Å². The first kappa shape index (κ1) is 13.5. The summed E-state index contributed by atoms with van der Waals surface area (Å²) in [6.07, 6.45) is 5.26. The van der Waals surface area contributed by atoms with Crippen molar-refractivity contribution < 1.29 is 14.3 Å². The van der Waals surface area contributed by atoms with Crippen molar-refractivity contribution in [2.75, 3.05) is 20.3 Å². The Morgan fingerprint density at radius 3 is 2.75 bits per heavy atom. The normalized spacial score (nSPS) is 17.1. The molecule has 4 heteroatoms. The number of rotatable bonds is 9. The van der Waals surface area contributed by atoms with Gasteiger partial charge in [-0.2, -0.15) is 0 Å². The molecule has 1 aliphatic carbocycles. The first-order valence-corrected chi connectivity index (χ1v) is 6.19. The molecule has 0 radical (unpaired) electrons. The maximum atomic E-state index is 11.5. The van der Waals surface area contributed by atoms with E-state index in [2.05, 4.69) is 12.2 Å². The number of methoxy groups -OCH3 is 1. The summed E-state index contributed by atoms with van der Waals surface area (Å²) in [5.74, 6) is -0.175. The Morgan fingerprint density at radius 1 is 1.44 bits per heavy atom. The lowest BCUT2D eigenvalue weighted by Crippen LogP contribution is -2.39. The van der Waals surface area contributed by atoms with Gasteiger partial charge in [0, 0.05) is 19.3 Å². The number of esters is 1. The summed E-state index contributed by atoms with van der Waals surface area (Å²) >= 11 is 0. The number of carbonyl (C=O) groups is 1. The molecule has 1 unspecified atom stereocenters. The number of carbonyl (C=O) groups excluding carboxylic acids is 1. The zero-order valence-electron chi connectivity index (χ0n) is 10.3. The molecule has 0 aliphatic heterocycles. The third-order valence-corrected chi connectivity index (χ3v) is 2.69. The number of hydrogen-bond donors (Lipinski definition) is 1. The molecule has 94 valence electrons. The fourth-order valence-corrected chi connectivity index (χ4v) is 1.50. The molecular formula is C12H23NO3. The quantitative estimate of drug-likeness (QED) is 0.480. The molecule has 1 N–H and O–H groups in total. The van der Waals surface area contributed by atoms with E-state index in [1.54, 1.807) is 0 Å². The topological polar surface area (TPSA) is 47.6 Å².